The topological polar surface area (TPSA) is 0 Å². The van der Waals surface area contributed by atoms with E-state index in [4.69, 9.17) is 0 Å². The van der Waals surface area contributed by atoms with Crippen LogP contribution in [-0.4, -0.2) is 0 Å². The third-order valence-corrected chi connectivity index (χ3v) is 2.80. The predicted molar refractivity (Wildman–Crippen MR) is 66.5 cm³/mol. The molecule has 14 heavy (non-hydrogen) atoms. The van der Waals surface area contributed by atoms with Crippen LogP contribution in [0.25, 0.3) is 0 Å². The van der Waals surface area contributed by atoms with Gasteiger partial charge in [0.1, 0.15) is 0 Å². The first-order valence-corrected chi connectivity index (χ1v) is 5.90. The molecule has 0 aliphatic carbocycles. The summed E-state index contributed by atoms with van der Waals surface area (Å²) in [5.74, 6) is 0. The fourth-order valence-electron chi connectivity index (χ4n) is 1.40. The van der Waals surface area contributed by atoms with Gasteiger partial charge in [-0.25, -0.2) is 0 Å². The first-order valence-electron chi connectivity index (χ1n) is 5.90. The Morgan fingerprint density at radius 1 is 1.21 bits per heavy atom. The molecule has 0 spiro atoms. The minimum atomic E-state index is 0.278. The van der Waals surface area contributed by atoms with Gasteiger partial charge < -0.3 is 0 Å². The summed E-state index contributed by atoms with van der Waals surface area (Å²) in [6.07, 6.45) is 10.7. The van der Waals surface area contributed by atoms with Crippen molar-refractivity contribution in [3.05, 3.63) is 24.3 Å². The van der Waals surface area contributed by atoms with Gasteiger partial charge in [-0.05, 0) is 23.8 Å². The fourth-order valence-corrected chi connectivity index (χ4v) is 1.40. The number of rotatable bonds is 7. The second kappa shape index (κ2) is 6.86. The quantitative estimate of drug-likeness (QED) is 0.494. The van der Waals surface area contributed by atoms with Crippen molar-refractivity contribution in [2.24, 2.45) is 5.41 Å². The van der Waals surface area contributed by atoms with Crippen LogP contribution in [0.3, 0.4) is 0 Å². The molecule has 0 nitrogen and oxygen atoms in total. The van der Waals surface area contributed by atoms with Gasteiger partial charge in [0.2, 0.25) is 0 Å². The molecular formula is C14H26. The van der Waals surface area contributed by atoms with Crippen molar-refractivity contribution < 1.29 is 0 Å². The molecule has 0 heterocycles. The highest BCUT2D eigenvalue weighted by Gasteiger charge is 2.18. The predicted octanol–water partition coefficient (Wildman–Crippen LogP) is 5.12. The Labute approximate surface area is 90.1 Å². The summed E-state index contributed by atoms with van der Waals surface area (Å²) in [5, 5.41) is 0. The Hall–Kier alpha value is -0.520. The molecule has 0 aromatic carbocycles. The zero-order chi connectivity index (χ0) is 11.0. The average molecular weight is 194 g/mol. The molecule has 0 heteroatoms. The smallest absolute Gasteiger partial charge is 0.0110 e. The molecule has 0 bridgehead atoms. The van der Waals surface area contributed by atoms with Gasteiger partial charge in [-0.1, -0.05) is 65.7 Å². The molecule has 0 atom stereocenters. The van der Waals surface area contributed by atoms with Gasteiger partial charge in [0, 0.05) is 0 Å². The van der Waals surface area contributed by atoms with Crippen LogP contribution in [0.5, 0.6) is 0 Å². The van der Waals surface area contributed by atoms with Gasteiger partial charge in [-0.2, -0.15) is 0 Å². The maximum atomic E-state index is 4.16. The van der Waals surface area contributed by atoms with E-state index in [1.165, 1.54) is 37.7 Å². The molecule has 0 unspecified atom stereocenters. The summed E-state index contributed by atoms with van der Waals surface area (Å²) in [6.45, 7) is 13.2. The zero-order valence-electron chi connectivity index (χ0n) is 10.4. The van der Waals surface area contributed by atoms with Crippen LogP contribution < -0.4 is 0 Å². The minimum Gasteiger partial charge on any atom is -0.0953 e. The van der Waals surface area contributed by atoms with E-state index in [0.29, 0.717) is 0 Å². The SMILES string of the molecule is C=C(C=CCCC)C(C)(C)CCCC. The first-order chi connectivity index (χ1) is 6.54. The monoisotopic (exact) mass is 194 g/mol. The molecule has 0 rings (SSSR count). The Morgan fingerprint density at radius 2 is 1.86 bits per heavy atom. The van der Waals surface area contributed by atoms with Gasteiger partial charge in [0.25, 0.3) is 0 Å². The molecule has 0 saturated carbocycles. The van der Waals surface area contributed by atoms with Crippen LogP contribution >= 0.6 is 0 Å². The lowest BCUT2D eigenvalue weighted by atomic mass is 9.80. The molecule has 82 valence electrons. The normalized spacial score (nSPS) is 12.3. The van der Waals surface area contributed by atoms with Gasteiger partial charge in [-0.3, -0.25) is 0 Å². The molecule has 0 aliphatic heterocycles. The first kappa shape index (κ1) is 13.5. The molecule has 0 aromatic heterocycles. The Kier molecular flexibility index (Phi) is 6.61. The third-order valence-electron chi connectivity index (χ3n) is 2.80. The van der Waals surface area contributed by atoms with Crippen molar-refractivity contribution in [3.63, 3.8) is 0 Å². The standard InChI is InChI=1S/C14H26/c1-6-8-10-11-13(3)14(4,5)12-9-7-2/h10-11H,3,6-9,12H2,1-2,4-5H3. The maximum absolute atomic E-state index is 4.16. The molecule has 0 saturated heterocycles. The van der Waals surface area contributed by atoms with E-state index in [1.54, 1.807) is 0 Å². The number of hydrogen-bond acceptors (Lipinski definition) is 0. The van der Waals surface area contributed by atoms with Gasteiger partial charge in [0.05, 0.1) is 0 Å². The molecule has 0 aliphatic rings. The van der Waals surface area contributed by atoms with Crippen molar-refractivity contribution >= 4 is 0 Å². The van der Waals surface area contributed by atoms with Crippen molar-refractivity contribution in [3.8, 4) is 0 Å². The van der Waals surface area contributed by atoms with E-state index in [2.05, 4.69) is 46.4 Å². The number of unbranched alkanes of at least 4 members (excludes halogenated alkanes) is 2. The molecule has 0 aromatic rings. The van der Waals surface area contributed by atoms with Gasteiger partial charge in [-0.15, -0.1) is 0 Å². The van der Waals surface area contributed by atoms with E-state index < -0.39 is 0 Å². The summed E-state index contributed by atoms with van der Waals surface area (Å²) in [5.41, 5.74) is 1.56. The highest BCUT2D eigenvalue weighted by molar-refractivity contribution is 5.21. The summed E-state index contributed by atoms with van der Waals surface area (Å²) in [6, 6.07) is 0. The molecule has 0 fully saturated rings. The summed E-state index contributed by atoms with van der Waals surface area (Å²) in [7, 11) is 0. The maximum Gasteiger partial charge on any atom is -0.0110 e. The lowest BCUT2D eigenvalue weighted by Gasteiger charge is -2.25. The second-order valence-corrected chi connectivity index (χ2v) is 4.70. The van der Waals surface area contributed by atoms with Crippen molar-refractivity contribution in [1.29, 1.82) is 0 Å². The van der Waals surface area contributed by atoms with E-state index in [9.17, 15) is 0 Å². The van der Waals surface area contributed by atoms with Crippen LogP contribution in [0, 0.1) is 5.41 Å². The van der Waals surface area contributed by atoms with E-state index >= 15 is 0 Å². The average Bonchev–Trinajstić information content (AvgIpc) is 2.15. The van der Waals surface area contributed by atoms with Crippen LogP contribution in [0.4, 0.5) is 0 Å². The zero-order valence-corrected chi connectivity index (χ0v) is 10.4. The highest BCUT2D eigenvalue weighted by Crippen LogP contribution is 2.31. The highest BCUT2D eigenvalue weighted by atomic mass is 14.2. The van der Waals surface area contributed by atoms with Gasteiger partial charge >= 0.3 is 0 Å². The fraction of sp³-hybridized carbons (Fsp3) is 0.714. The van der Waals surface area contributed by atoms with Crippen LogP contribution in [0.15, 0.2) is 24.3 Å². The number of allylic oxidation sites excluding steroid dienone is 3. The minimum absolute atomic E-state index is 0.278. The van der Waals surface area contributed by atoms with Gasteiger partial charge in [0.15, 0.2) is 0 Å². The van der Waals surface area contributed by atoms with Crippen molar-refractivity contribution in [2.45, 2.75) is 59.8 Å². The van der Waals surface area contributed by atoms with E-state index in [0.717, 1.165) is 0 Å². The summed E-state index contributed by atoms with van der Waals surface area (Å²) in [4.78, 5) is 0. The Bertz CT molecular complexity index is 184. The largest absolute Gasteiger partial charge is 0.0953 e. The van der Waals surface area contributed by atoms with Crippen LogP contribution in [0.2, 0.25) is 0 Å². The van der Waals surface area contributed by atoms with Crippen molar-refractivity contribution in [1.82, 2.24) is 0 Å². The third kappa shape index (κ3) is 5.26. The lowest BCUT2D eigenvalue weighted by Crippen LogP contribution is -2.12. The lowest BCUT2D eigenvalue weighted by molar-refractivity contribution is 0.401. The van der Waals surface area contributed by atoms with E-state index in [1.807, 2.05) is 0 Å². The van der Waals surface area contributed by atoms with Crippen LogP contribution in [-0.2, 0) is 0 Å². The Balaban J connectivity index is 4.06. The Morgan fingerprint density at radius 3 is 2.36 bits per heavy atom. The summed E-state index contributed by atoms with van der Waals surface area (Å²) >= 11 is 0. The molecule has 0 N–H and O–H groups in total. The molecular weight excluding hydrogens is 168 g/mol. The molecule has 0 radical (unpaired) electrons. The van der Waals surface area contributed by atoms with Crippen molar-refractivity contribution in [2.75, 3.05) is 0 Å². The summed E-state index contributed by atoms with van der Waals surface area (Å²) < 4.78 is 0. The number of hydrogen-bond donors (Lipinski definition) is 0. The second-order valence-electron chi connectivity index (χ2n) is 4.70. The van der Waals surface area contributed by atoms with Crippen LogP contribution in [0.1, 0.15) is 59.8 Å². The van der Waals surface area contributed by atoms with E-state index in [-0.39, 0.29) is 5.41 Å². The molecule has 0 amide bonds.